The maximum absolute atomic E-state index is 13.2. The number of nitrogens with one attached hydrogen (secondary N) is 1. The van der Waals surface area contributed by atoms with Crippen molar-refractivity contribution in [2.45, 2.75) is 38.3 Å². The van der Waals surface area contributed by atoms with Gasteiger partial charge in [-0.3, -0.25) is 14.6 Å². The van der Waals surface area contributed by atoms with E-state index in [-0.39, 0.29) is 18.4 Å². The standard InChI is InChI=1S/C23H24ClN3O3/c1-15-12-18(19(30-2)13-17(15)24)25-20(28)14-27-22(29)21(16-8-4-3-5-9-16)26-23(27)10-6-7-11-23/h3-5,8-9,12-13H,6-7,10-11,14H2,1-2H3,(H,25,28). The number of aryl methyl sites for hydroxylation is 1. The van der Waals surface area contributed by atoms with E-state index in [4.69, 9.17) is 21.3 Å². The number of aliphatic imine (C=N–C) groups is 1. The Balaban J connectivity index is 1.57. The lowest BCUT2D eigenvalue weighted by atomic mass is 10.1. The largest absolute Gasteiger partial charge is 0.495 e. The van der Waals surface area contributed by atoms with Gasteiger partial charge in [0, 0.05) is 16.7 Å². The van der Waals surface area contributed by atoms with E-state index in [1.54, 1.807) is 17.0 Å². The predicted octanol–water partition coefficient (Wildman–Crippen LogP) is 4.20. The molecule has 2 aliphatic rings. The van der Waals surface area contributed by atoms with Crippen LogP contribution in [0.4, 0.5) is 5.69 Å². The number of rotatable bonds is 5. The Morgan fingerprint density at radius 2 is 1.93 bits per heavy atom. The van der Waals surface area contributed by atoms with Gasteiger partial charge in [0.25, 0.3) is 5.91 Å². The van der Waals surface area contributed by atoms with E-state index in [0.29, 0.717) is 22.2 Å². The van der Waals surface area contributed by atoms with E-state index in [2.05, 4.69) is 5.32 Å². The molecule has 6 nitrogen and oxygen atoms in total. The van der Waals surface area contributed by atoms with Gasteiger partial charge >= 0.3 is 0 Å². The minimum atomic E-state index is -0.625. The first-order chi connectivity index (χ1) is 14.4. The Labute approximate surface area is 180 Å². The highest BCUT2D eigenvalue weighted by molar-refractivity contribution is 6.47. The Morgan fingerprint density at radius 3 is 2.60 bits per heavy atom. The summed E-state index contributed by atoms with van der Waals surface area (Å²) in [6.45, 7) is 1.79. The van der Waals surface area contributed by atoms with Gasteiger partial charge in [-0.05, 0) is 44.2 Å². The average Bonchev–Trinajstić information content (AvgIpc) is 3.32. The van der Waals surface area contributed by atoms with Gasteiger partial charge in [-0.25, -0.2) is 0 Å². The smallest absolute Gasteiger partial charge is 0.275 e. The molecular weight excluding hydrogens is 402 g/mol. The second-order valence-electron chi connectivity index (χ2n) is 7.76. The number of hydrogen-bond donors (Lipinski definition) is 1. The van der Waals surface area contributed by atoms with Crippen LogP contribution in [0.1, 0.15) is 36.8 Å². The van der Waals surface area contributed by atoms with Gasteiger partial charge in [0.2, 0.25) is 5.91 Å². The molecular formula is C23H24ClN3O3. The highest BCUT2D eigenvalue weighted by Crippen LogP contribution is 2.41. The van der Waals surface area contributed by atoms with Crippen molar-refractivity contribution in [2.24, 2.45) is 4.99 Å². The number of amides is 2. The van der Waals surface area contributed by atoms with E-state index in [0.717, 1.165) is 36.8 Å². The molecule has 0 saturated heterocycles. The minimum Gasteiger partial charge on any atom is -0.495 e. The molecule has 156 valence electrons. The van der Waals surface area contributed by atoms with E-state index in [1.165, 1.54) is 7.11 Å². The molecule has 2 aromatic carbocycles. The number of ether oxygens (including phenoxy) is 1. The van der Waals surface area contributed by atoms with Crippen LogP contribution < -0.4 is 10.1 Å². The zero-order chi connectivity index (χ0) is 21.3. The molecule has 7 heteroatoms. The van der Waals surface area contributed by atoms with Crippen molar-refractivity contribution in [1.82, 2.24) is 4.90 Å². The number of hydrogen-bond acceptors (Lipinski definition) is 4. The quantitative estimate of drug-likeness (QED) is 0.780. The number of carbonyl (C=O) groups excluding carboxylic acids is 2. The van der Waals surface area contributed by atoms with Crippen LogP contribution in [-0.2, 0) is 9.59 Å². The fraction of sp³-hybridized carbons (Fsp3) is 0.348. The molecule has 1 aliphatic heterocycles. The molecule has 1 spiro atoms. The zero-order valence-electron chi connectivity index (χ0n) is 17.1. The van der Waals surface area contributed by atoms with Gasteiger partial charge in [-0.2, -0.15) is 0 Å². The first kappa shape index (κ1) is 20.4. The van der Waals surface area contributed by atoms with Crippen molar-refractivity contribution in [3.05, 3.63) is 58.6 Å². The van der Waals surface area contributed by atoms with Crippen molar-refractivity contribution in [1.29, 1.82) is 0 Å². The molecule has 30 heavy (non-hydrogen) atoms. The van der Waals surface area contributed by atoms with Crippen LogP contribution in [0.5, 0.6) is 5.75 Å². The molecule has 0 atom stereocenters. The van der Waals surface area contributed by atoms with Crippen molar-refractivity contribution >= 4 is 34.8 Å². The number of nitrogens with zero attached hydrogens (tertiary/aromatic N) is 2. The third-order valence-electron chi connectivity index (χ3n) is 5.78. The maximum atomic E-state index is 13.2. The minimum absolute atomic E-state index is 0.0660. The number of carbonyl (C=O) groups is 2. The van der Waals surface area contributed by atoms with Gasteiger partial charge in [-0.15, -0.1) is 0 Å². The van der Waals surface area contributed by atoms with Crippen LogP contribution in [0.15, 0.2) is 47.5 Å². The molecule has 1 N–H and O–H groups in total. The molecule has 0 unspecified atom stereocenters. The lowest BCUT2D eigenvalue weighted by Crippen LogP contribution is -2.48. The third kappa shape index (κ3) is 3.67. The summed E-state index contributed by atoms with van der Waals surface area (Å²) >= 11 is 6.15. The summed E-state index contributed by atoms with van der Waals surface area (Å²) in [6.07, 6.45) is 3.51. The van der Waals surface area contributed by atoms with Crippen LogP contribution in [0.25, 0.3) is 0 Å². The van der Waals surface area contributed by atoms with Gasteiger partial charge < -0.3 is 15.0 Å². The number of anilines is 1. The zero-order valence-corrected chi connectivity index (χ0v) is 17.8. The maximum Gasteiger partial charge on any atom is 0.275 e. The fourth-order valence-electron chi connectivity index (χ4n) is 4.22. The third-order valence-corrected chi connectivity index (χ3v) is 6.19. The van der Waals surface area contributed by atoms with Crippen LogP contribution in [0.3, 0.4) is 0 Å². The summed E-state index contributed by atoms with van der Waals surface area (Å²) in [6, 6.07) is 12.9. The molecule has 4 rings (SSSR count). The lowest BCUT2D eigenvalue weighted by Gasteiger charge is -2.32. The molecule has 1 fully saturated rings. The number of methoxy groups -OCH3 is 1. The molecule has 0 bridgehead atoms. The predicted molar refractivity (Wildman–Crippen MR) is 117 cm³/mol. The molecule has 0 radical (unpaired) electrons. The van der Waals surface area contributed by atoms with Gasteiger partial charge in [-0.1, -0.05) is 41.9 Å². The molecule has 2 amide bonds. The second-order valence-corrected chi connectivity index (χ2v) is 8.16. The normalized spacial score (nSPS) is 17.4. The monoisotopic (exact) mass is 425 g/mol. The van der Waals surface area contributed by atoms with E-state index in [1.807, 2.05) is 37.3 Å². The molecule has 1 heterocycles. The molecule has 1 aliphatic carbocycles. The fourth-order valence-corrected chi connectivity index (χ4v) is 4.38. The summed E-state index contributed by atoms with van der Waals surface area (Å²) in [5.41, 5.74) is 1.95. The topological polar surface area (TPSA) is 71.0 Å². The average molecular weight is 426 g/mol. The number of halogens is 1. The van der Waals surface area contributed by atoms with Crippen LogP contribution in [0, 0.1) is 6.92 Å². The lowest BCUT2D eigenvalue weighted by molar-refractivity contribution is -0.132. The van der Waals surface area contributed by atoms with Crippen LogP contribution in [-0.4, -0.2) is 41.7 Å². The highest BCUT2D eigenvalue weighted by atomic mass is 35.5. The van der Waals surface area contributed by atoms with E-state index >= 15 is 0 Å². The van der Waals surface area contributed by atoms with Gasteiger partial charge in [0.1, 0.15) is 23.7 Å². The Morgan fingerprint density at radius 1 is 1.23 bits per heavy atom. The number of benzene rings is 2. The first-order valence-electron chi connectivity index (χ1n) is 10.0. The highest BCUT2D eigenvalue weighted by Gasteiger charge is 2.49. The summed E-state index contributed by atoms with van der Waals surface area (Å²) < 4.78 is 5.34. The Hall–Kier alpha value is -2.86. The van der Waals surface area contributed by atoms with Crippen LogP contribution in [0.2, 0.25) is 5.02 Å². The molecule has 2 aromatic rings. The van der Waals surface area contributed by atoms with E-state index < -0.39 is 5.66 Å². The summed E-state index contributed by atoms with van der Waals surface area (Å²) in [7, 11) is 1.52. The Bertz CT molecular complexity index is 1010. The summed E-state index contributed by atoms with van der Waals surface area (Å²) in [4.78, 5) is 32.6. The Kier molecular flexibility index (Phi) is 5.52. The summed E-state index contributed by atoms with van der Waals surface area (Å²) in [5.74, 6) is -0.0137. The van der Waals surface area contributed by atoms with Gasteiger partial charge in [0.05, 0.1) is 12.8 Å². The summed E-state index contributed by atoms with van der Waals surface area (Å²) in [5, 5.41) is 3.43. The molecule has 1 saturated carbocycles. The molecule has 0 aromatic heterocycles. The van der Waals surface area contributed by atoms with Crippen molar-refractivity contribution in [3.63, 3.8) is 0 Å². The van der Waals surface area contributed by atoms with Gasteiger partial charge in [0.15, 0.2) is 0 Å². The van der Waals surface area contributed by atoms with Crippen molar-refractivity contribution in [2.75, 3.05) is 19.0 Å². The first-order valence-corrected chi connectivity index (χ1v) is 10.4. The second kappa shape index (κ2) is 8.11. The van der Waals surface area contributed by atoms with E-state index in [9.17, 15) is 9.59 Å². The SMILES string of the molecule is COc1cc(Cl)c(C)cc1NC(=O)CN1C(=O)C(c2ccccc2)=NC12CCCC2. The van der Waals surface area contributed by atoms with Crippen molar-refractivity contribution in [3.8, 4) is 5.75 Å². The van der Waals surface area contributed by atoms with Crippen molar-refractivity contribution < 1.29 is 14.3 Å². The van der Waals surface area contributed by atoms with Crippen LogP contribution >= 0.6 is 11.6 Å².